The summed E-state index contributed by atoms with van der Waals surface area (Å²) in [6, 6.07) is 5.91. The summed E-state index contributed by atoms with van der Waals surface area (Å²) in [6.45, 7) is 2.25. The number of rotatable bonds is 3. The molecule has 4 heteroatoms. The van der Waals surface area contributed by atoms with E-state index in [1.165, 1.54) is 24.9 Å². The van der Waals surface area contributed by atoms with Gasteiger partial charge in [0.2, 0.25) is 0 Å². The van der Waals surface area contributed by atoms with Crippen LogP contribution in [0.1, 0.15) is 30.9 Å². The summed E-state index contributed by atoms with van der Waals surface area (Å²) >= 11 is 3.54. The van der Waals surface area contributed by atoms with Crippen LogP contribution in [0.15, 0.2) is 22.7 Å². The first-order valence-corrected chi connectivity index (χ1v) is 6.92. The predicted molar refractivity (Wildman–Crippen MR) is 74.2 cm³/mol. The topological polar surface area (TPSA) is 49.5 Å². The molecule has 0 aromatic heterocycles. The molecule has 0 saturated carbocycles. The van der Waals surface area contributed by atoms with Crippen LogP contribution in [0, 0.1) is 0 Å². The van der Waals surface area contributed by atoms with Crippen molar-refractivity contribution in [1.82, 2.24) is 0 Å². The molecule has 1 aliphatic heterocycles. The third-order valence-electron chi connectivity index (χ3n) is 3.30. The smallest absolute Gasteiger partial charge is 0.0624 e. The van der Waals surface area contributed by atoms with Gasteiger partial charge in [0.25, 0.3) is 0 Å². The number of halogens is 1. The lowest BCUT2D eigenvalue weighted by Gasteiger charge is -2.29. The Bertz CT molecular complexity index is 378. The minimum Gasteiger partial charge on any atom is -0.394 e. The molecule has 0 bridgehead atoms. The fourth-order valence-corrected chi connectivity index (χ4v) is 2.92. The molecule has 1 fully saturated rings. The van der Waals surface area contributed by atoms with E-state index in [0.29, 0.717) is 0 Å². The SMILES string of the molecule is N[C@@H](CO)c1ccc(N2CCCCC2)cc1Br. The van der Waals surface area contributed by atoms with Gasteiger partial charge >= 0.3 is 0 Å². The molecule has 0 spiro atoms. The van der Waals surface area contributed by atoms with Crippen LogP contribution in [0.4, 0.5) is 5.69 Å². The van der Waals surface area contributed by atoms with Crippen molar-refractivity contribution in [2.45, 2.75) is 25.3 Å². The van der Waals surface area contributed by atoms with E-state index in [4.69, 9.17) is 10.8 Å². The van der Waals surface area contributed by atoms with E-state index in [-0.39, 0.29) is 12.6 Å². The third kappa shape index (κ3) is 3.00. The van der Waals surface area contributed by atoms with Crippen molar-refractivity contribution in [1.29, 1.82) is 0 Å². The van der Waals surface area contributed by atoms with Gasteiger partial charge in [0.1, 0.15) is 0 Å². The quantitative estimate of drug-likeness (QED) is 0.901. The number of nitrogens with zero attached hydrogens (tertiary/aromatic N) is 1. The summed E-state index contributed by atoms with van der Waals surface area (Å²) in [7, 11) is 0. The molecule has 3 N–H and O–H groups in total. The zero-order valence-electron chi connectivity index (χ0n) is 9.90. The summed E-state index contributed by atoms with van der Waals surface area (Å²) < 4.78 is 0.988. The Kier molecular flexibility index (Phi) is 4.42. The number of nitrogens with two attached hydrogens (primary N) is 1. The number of anilines is 1. The minimum atomic E-state index is -0.306. The van der Waals surface area contributed by atoms with Gasteiger partial charge in [0.15, 0.2) is 0 Å². The Morgan fingerprint density at radius 3 is 2.59 bits per heavy atom. The molecule has 0 aliphatic carbocycles. The summed E-state index contributed by atoms with van der Waals surface area (Å²) in [5, 5.41) is 9.07. The monoisotopic (exact) mass is 298 g/mol. The number of hydrogen-bond acceptors (Lipinski definition) is 3. The second-order valence-corrected chi connectivity index (χ2v) is 5.40. The van der Waals surface area contributed by atoms with Crippen LogP contribution < -0.4 is 10.6 Å². The Labute approximate surface area is 111 Å². The van der Waals surface area contributed by atoms with Crippen LogP contribution in [-0.2, 0) is 0 Å². The normalized spacial score (nSPS) is 18.2. The van der Waals surface area contributed by atoms with Crippen LogP contribution in [-0.4, -0.2) is 24.8 Å². The van der Waals surface area contributed by atoms with Gasteiger partial charge in [-0.15, -0.1) is 0 Å². The molecular weight excluding hydrogens is 280 g/mol. The molecule has 0 amide bonds. The van der Waals surface area contributed by atoms with Gasteiger partial charge in [-0.1, -0.05) is 22.0 Å². The highest BCUT2D eigenvalue weighted by Crippen LogP contribution is 2.28. The van der Waals surface area contributed by atoms with Crippen molar-refractivity contribution in [3.05, 3.63) is 28.2 Å². The van der Waals surface area contributed by atoms with Gasteiger partial charge in [0.05, 0.1) is 12.6 Å². The molecule has 2 rings (SSSR count). The van der Waals surface area contributed by atoms with Gasteiger partial charge < -0.3 is 15.7 Å². The lowest BCUT2D eigenvalue weighted by molar-refractivity contribution is 0.267. The molecule has 0 unspecified atom stereocenters. The summed E-state index contributed by atoms with van der Waals surface area (Å²) in [5.74, 6) is 0. The first-order chi connectivity index (χ1) is 8.22. The maximum Gasteiger partial charge on any atom is 0.0624 e. The van der Waals surface area contributed by atoms with E-state index in [9.17, 15) is 0 Å². The maximum absolute atomic E-state index is 9.07. The Balaban J connectivity index is 2.17. The summed E-state index contributed by atoms with van der Waals surface area (Å²) in [6.07, 6.45) is 3.89. The van der Waals surface area contributed by atoms with Crippen molar-refractivity contribution in [3.63, 3.8) is 0 Å². The molecular formula is C13H19BrN2O. The lowest BCUT2D eigenvalue weighted by atomic mass is 10.1. The molecule has 1 aliphatic rings. The van der Waals surface area contributed by atoms with Gasteiger partial charge in [-0.2, -0.15) is 0 Å². The predicted octanol–water partition coefficient (Wildman–Crippen LogP) is 2.43. The lowest BCUT2D eigenvalue weighted by Crippen LogP contribution is -2.29. The average molecular weight is 299 g/mol. The second kappa shape index (κ2) is 5.85. The van der Waals surface area contributed by atoms with E-state index in [2.05, 4.69) is 33.0 Å². The van der Waals surface area contributed by atoms with Crippen molar-refractivity contribution >= 4 is 21.6 Å². The molecule has 3 nitrogen and oxygen atoms in total. The van der Waals surface area contributed by atoms with Crippen molar-refractivity contribution < 1.29 is 5.11 Å². The highest BCUT2D eigenvalue weighted by molar-refractivity contribution is 9.10. The van der Waals surface area contributed by atoms with Crippen molar-refractivity contribution in [3.8, 4) is 0 Å². The minimum absolute atomic E-state index is 0.0261. The van der Waals surface area contributed by atoms with Gasteiger partial charge in [-0.3, -0.25) is 0 Å². The summed E-state index contributed by atoms with van der Waals surface area (Å²) in [4.78, 5) is 2.41. The average Bonchev–Trinajstić information content (AvgIpc) is 2.39. The van der Waals surface area contributed by atoms with E-state index in [0.717, 1.165) is 23.1 Å². The molecule has 17 heavy (non-hydrogen) atoms. The Hall–Kier alpha value is -0.580. The first kappa shape index (κ1) is 12.9. The molecule has 1 aromatic rings. The number of aliphatic hydroxyl groups excluding tert-OH is 1. The van der Waals surface area contributed by atoms with Crippen molar-refractivity contribution in [2.75, 3.05) is 24.6 Å². The fourth-order valence-electron chi connectivity index (χ4n) is 2.26. The molecule has 0 radical (unpaired) electrons. The fraction of sp³-hybridized carbons (Fsp3) is 0.538. The van der Waals surface area contributed by atoms with E-state index >= 15 is 0 Å². The van der Waals surface area contributed by atoms with E-state index in [1.807, 2.05) is 6.07 Å². The van der Waals surface area contributed by atoms with Crippen LogP contribution in [0.2, 0.25) is 0 Å². The van der Waals surface area contributed by atoms with Gasteiger partial charge in [-0.25, -0.2) is 0 Å². The molecule has 1 saturated heterocycles. The van der Waals surface area contributed by atoms with Crippen LogP contribution >= 0.6 is 15.9 Å². The second-order valence-electron chi connectivity index (χ2n) is 4.54. The van der Waals surface area contributed by atoms with Crippen molar-refractivity contribution in [2.24, 2.45) is 5.73 Å². The first-order valence-electron chi connectivity index (χ1n) is 6.13. The Morgan fingerprint density at radius 1 is 1.29 bits per heavy atom. The Morgan fingerprint density at radius 2 is 2.00 bits per heavy atom. The van der Waals surface area contributed by atoms with Gasteiger partial charge in [-0.05, 0) is 37.0 Å². The largest absolute Gasteiger partial charge is 0.394 e. The van der Waals surface area contributed by atoms with Crippen LogP contribution in [0.25, 0.3) is 0 Å². The molecule has 94 valence electrons. The number of aliphatic hydroxyl groups is 1. The maximum atomic E-state index is 9.07. The standard InChI is InChI=1S/C13H19BrN2O/c14-12-8-10(16-6-2-1-3-7-16)4-5-11(12)13(15)9-17/h4-5,8,13,17H,1-3,6-7,9,15H2/t13-/m0/s1. The van der Waals surface area contributed by atoms with E-state index < -0.39 is 0 Å². The van der Waals surface area contributed by atoms with Gasteiger partial charge in [0, 0.05) is 23.2 Å². The highest BCUT2D eigenvalue weighted by Gasteiger charge is 2.14. The number of piperidine rings is 1. The highest BCUT2D eigenvalue weighted by atomic mass is 79.9. The summed E-state index contributed by atoms with van der Waals surface area (Å²) in [5.41, 5.74) is 8.04. The van der Waals surface area contributed by atoms with Crippen LogP contribution in [0.5, 0.6) is 0 Å². The molecule has 1 heterocycles. The van der Waals surface area contributed by atoms with E-state index in [1.54, 1.807) is 0 Å². The number of hydrogen-bond donors (Lipinski definition) is 2. The zero-order valence-corrected chi connectivity index (χ0v) is 11.5. The number of benzene rings is 1. The third-order valence-corrected chi connectivity index (χ3v) is 3.99. The molecule has 1 aromatic carbocycles. The zero-order chi connectivity index (χ0) is 12.3. The molecule has 1 atom stereocenters. The van der Waals surface area contributed by atoms with Crippen LogP contribution in [0.3, 0.4) is 0 Å².